The largest absolute Gasteiger partial charge is 0.472 e. The second-order valence-electron chi connectivity index (χ2n) is 4.36. The van der Waals surface area contributed by atoms with Gasteiger partial charge in [-0.1, -0.05) is 24.3 Å². The van der Waals surface area contributed by atoms with Crippen LogP contribution in [0.5, 0.6) is 0 Å². The molecule has 3 heteroatoms. The summed E-state index contributed by atoms with van der Waals surface area (Å²) in [5.41, 5.74) is 3.96. The van der Waals surface area contributed by atoms with Crippen molar-refractivity contribution in [2.24, 2.45) is 0 Å². The Bertz CT molecular complexity index is 451. The average Bonchev–Trinajstić information content (AvgIpc) is 2.91. The Labute approximate surface area is 108 Å². The molecule has 2 rings (SSSR count). The molecule has 0 fully saturated rings. The van der Waals surface area contributed by atoms with Gasteiger partial charge in [0.1, 0.15) is 0 Å². The Hall–Kier alpha value is -1.58. The third kappa shape index (κ3) is 3.72. The molecule has 2 N–H and O–H groups in total. The maximum absolute atomic E-state index is 5.05. The molecule has 0 bridgehead atoms. The molecular formula is C15H20N2O. The quantitative estimate of drug-likeness (QED) is 0.785. The molecule has 0 aliphatic rings. The zero-order chi connectivity index (χ0) is 12.6. The highest BCUT2D eigenvalue weighted by Crippen LogP contribution is 2.09. The standard InChI is InChI=1S/C15H20N2O/c1-16-8-6-14-4-2-3-5-15(14)11-17-10-13-7-9-18-12-13/h2-5,7,9,12,16-17H,6,8,10-11H2,1H3. The molecule has 96 valence electrons. The number of furan rings is 1. The average molecular weight is 244 g/mol. The Morgan fingerprint density at radius 2 is 1.89 bits per heavy atom. The molecule has 0 aliphatic carbocycles. The van der Waals surface area contributed by atoms with E-state index in [0.29, 0.717) is 0 Å². The lowest BCUT2D eigenvalue weighted by molar-refractivity contribution is 0.560. The zero-order valence-corrected chi connectivity index (χ0v) is 10.8. The van der Waals surface area contributed by atoms with Gasteiger partial charge in [0.25, 0.3) is 0 Å². The van der Waals surface area contributed by atoms with E-state index in [-0.39, 0.29) is 0 Å². The number of likely N-dealkylation sites (N-methyl/N-ethyl adjacent to an activating group) is 1. The second kappa shape index (κ2) is 6.99. The van der Waals surface area contributed by atoms with Crippen molar-refractivity contribution in [3.8, 4) is 0 Å². The van der Waals surface area contributed by atoms with Crippen molar-refractivity contribution in [1.82, 2.24) is 10.6 Å². The molecule has 0 radical (unpaired) electrons. The van der Waals surface area contributed by atoms with E-state index in [4.69, 9.17) is 4.42 Å². The van der Waals surface area contributed by atoms with Crippen LogP contribution in [0.1, 0.15) is 16.7 Å². The van der Waals surface area contributed by atoms with Gasteiger partial charge < -0.3 is 15.1 Å². The topological polar surface area (TPSA) is 37.2 Å². The van der Waals surface area contributed by atoms with Crippen molar-refractivity contribution in [2.45, 2.75) is 19.5 Å². The number of hydrogen-bond donors (Lipinski definition) is 2. The molecule has 0 atom stereocenters. The minimum atomic E-state index is 0.844. The Morgan fingerprint density at radius 1 is 1.06 bits per heavy atom. The van der Waals surface area contributed by atoms with Crippen molar-refractivity contribution in [3.05, 3.63) is 59.5 Å². The summed E-state index contributed by atoms with van der Waals surface area (Å²) in [5, 5.41) is 6.63. The lowest BCUT2D eigenvalue weighted by atomic mass is 10.0. The maximum atomic E-state index is 5.05. The van der Waals surface area contributed by atoms with Gasteiger partial charge in [-0.15, -0.1) is 0 Å². The van der Waals surface area contributed by atoms with Gasteiger partial charge in [0.05, 0.1) is 12.5 Å². The van der Waals surface area contributed by atoms with Crippen LogP contribution in [0, 0.1) is 0 Å². The van der Waals surface area contributed by atoms with E-state index in [9.17, 15) is 0 Å². The molecule has 1 aromatic heterocycles. The van der Waals surface area contributed by atoms with E-state index in [1.165, 1.54) is 16.7 Å². The van der Waals surface area contributed by atoms with Crippen molar-refractivity contribution < 1.29 is 4.42 Å². The lowest BCUT2D eigenvalue weighted by Gasteiger charge is -2.10. The van der Waals surface area contributed by atoms with E-state index in [1.807, 2.05) is 13.1 Å². The summed E-state index contributed by atoms with van der Waals surface area (Å²) < 4.78 is 5.05. The summed E-state index contributed by atoms with van der Waals surface area (Å²) >= 11 is 0. The second-order valence-corrected chi connectivity index (χ2v) is 4.36. The molecule has 0 aliphatic heterocycles. The number of hydrogen-bond acceptors (Lipinski definition) is 3. The van der Waals surface area contributed by atoms with E-state index >= 15 is 0 Å². The molecule has 1 aromatic carbocycles. The number of rotatable bonds is 7. The minimum absolute atomic E-state index is 0.844. The number of nitrogens with one attached hydrogen (secondary N) is 2. The molecule has 1 heterocycles. The van der Waals surface area contributed by atoms with Crippen LogP contribution < -0.4 is 10.6 Å². The van der Waals surface area contributed by atoms with Gasteiger partial charge in [-0.2, -0.15) is 0 Å². The van der Waals surface area contributed by atoms with Gasteiger partial charge in [-0.25, -0.2) is 0 Å². The molecule has 3 nitrogen and oxygen atoms in total. The normalized spacial score (nSPS) is 10.7. The predicted octanol–water partition coefficient (Wildman–Crippen LogP) is 2.33. The number of benzene rings is 1. The van der Waals surface area contributed by atoms with Crippen molar-refractivity contribution in [2.75, 3.05) is 13.6 Å². The van der Waals surface area contributed by atoms with Crippen LogP contribution in [-0.4, -0.2) is 13.6 Å². The highest BCUT2D eigenvalue weighted by atomic mass is 16.3. The SMILES string of the molecule is CNCCc1ccccc1CNCc1ccoc1. The third-order valence-electron chi connectivity index (χ3n) is 2.99. The summed E-state index contributed by atoms with van der Waals surface area (Å²) in [6.07, 6.45) is 4.55. The Morgan fingerprint density at radius 3 is 2.61 bits per heavy atom. The van der Waals surface area contributed by atoms with Crippen molar-refractivity contribution in [1.29, 1.82) is 0 Å². The fourth-order valence-electron chi connectivity index (χ4n) is 1.97. The Kier molecular flexibility index (Phi) is 5.00. The molecule has 0 amide bonds. The first-order chi connectivity index (χ1) is 8.90. The first-order valence-electron chi connectivity index (χ1n) is 6.33. The van der Waals surface area contributed by atoms with E-state index < -0.39 is 0 Å². The molecule has 0 saturated heterocycles. The summed E-state index contributed by atoms with van der Waals surface area (Å²) in [6, 6.07) is 10.6. The van der Waals surface area contributed by atoms with Crippen LogP contribution in [0.3, 0.4) is 0 Å². The smallest absolute Gasteiger partial charge is 0.0947 e. The fourth-order valence-corrected chi connectivity index (χ4v) is 1.97. The van der Waals surface area contributed by atoms with E-state index in [1.54, 1.807) is 12.5 Å². The van der Waals surface area contributed by atoms with Crippen LogP contribution in [0.4, 0.5) is 0 Å². The molecule has 0 saturated carbocycles. The minimum Gasteiger partial charge on any atom is -0.472 e. The monoisotopic (exact) mass is 244 g/mol. The predicted molar refractivity (Wildman–Crippen MR) is 73.3 cm³/mol. The highest BCUT2D eigenvalue weighted by molar-refractivity contribution is 5.27. The van der Waals surface area contributed by atoms with Gasteiger partial charge >= 0.3 is 0 Å². The molecule has 0 spiro atoms. The summed E-state index contributed by atoms with van der Waals surface area (Å²) in [5.74, 6) is 0. The van der Waals surface area contributed by atoms with Crippen LogP contribution in [-0.2, 0) is 19.5 Å². The van der Waals surface area contributed by atoms with Gasteiger partial charge in [-0.3, -0.25) is 0 Å². The first kappa shape index (κ1) is 12.9. The van der Waals surface area contributed by atoms with Gasteiger partial charge in [0, 0.05) is 18.7 Å². The first-order valence-corrected chi connectivity index (χ1v) is 6.33. The molecular weight excluding hydrogens is 224 g/mol. The van der Waals surface area contributed by atoms with Crippen LogP contribution in [0.15, 0.2) is 47.3 Å². The summed E-state index contributed by atoms with van der Waals surface area (Å²) in [4.78, 5) is 0. The van der Waals surface area contributed by atoms with Crippen molar-refractivity contribution >= 4 is 0 Å². The lowest BCUT2D eigenvalue weighted by Crippen LogP contribution is -2.16. The summed E-state index contributed by atoms with van der Waals surface area (Å²) in [6.45, 7) is 2.75. The Balaban J connectivity index is 1.87. The van der Waals surface area contributed by atoms with Crippen LogP contribution in [0.2, 0.25) is 0 Å². The van der Waals surface area contributed by atoms with E-state index in [0.717, 1.165) is 26.1 Å². The summed E-state index contributed by atoms with van der Waals surface area (Å²) in [7, 11) is 1.99. The fraction of sp³-hybridized carbons (Fsp3) is 0.333. The molecule has 2 aromatic rings. The van der Waals surface area contributed by atoms with Crippen LogP contribution >= 0.6 is 0 Å². The van der Waals surface area contributed by atoms with E-state index in [2.05, 4.69) is 34.9 Å². The zero-order valence-electron chi connectivity index (χ0n) is 10.8. The highest BCUT2D eigenvalue weighted by Gasteiger charge is 2.01. The van der Waals surface area contributed by atoms with Gasteiger partial charge in [0.2, 0.25) is 0 Å². The molecule has 0 unspecified atom stereocenters. The maximum Gasteiger partial charge on any atom is 0.0947 e. The third-order valence-corrected chi connectivity index (χ3v) is 2.99. The van der Waals surface area contributed by atoms with Gasteiger partial charge in [0.15, 0.2) is 0 Å². The van der Waals surface area contributed by atoms with Crippen LogP contribution in [0.25, 0.3) is 0 Å². The van der Waals surface area contributed by atoms with Crippen molar-refractivity contribution in [3.63, 3.8) is 0 Å². The molecule has 18 heavy (non-hydrogen) atoms. The van der Waals surface area contributed by atoms with Gasteiger partial charge in [-0.05, 0) is 37.2 Å².